The van der Waals surface area contributed by atoms with Gasteiger partial charge in [0.25, 0.3) is 0 Å². The normalized spacial score (nSPS) is 20.3. The number of carbonyl (C=O) groups excluding carboxylic acids is 1. The summed E-state index contributed by atoms with van der Waals surface area (Å²) in [7, 11) is 0. The quantitative estimate of drug-likeness (QED) is 0.824. The van der Waals surface area contributed by atoms with Gasteiger partial charge in [0.1, 0.15) is 0 Å². The molecule has 0 bridgehead atoms. The summed E-state index contributed by atoms with van der Waals surface area (Å²) in [4.78, 5) is 20.5. The first kappa shape index (κ1) is 19.9. The number of morpholine rings is 1. The van der Waals surface area contributed by atoms with Crippen molar-refractivity contribution in [3.8, 4) is 0 Å². The second kappa shape index (κ2) is 8.89. The monoisotopic (exact) mass is 400 g/mol. The molecular weight excluding hydrogens is 372 g/mol. The van der Waals surface area contributed by atoms with Crippen molar-refractivity contribution < 1.29 is 9.53 Å². The zero-order valence-electron chi connectivity index (χ0n) is 15.7. The van der Waals surface area contributed by atoms with Crippen molar-refractivity contribution >= 4 is 29.0 Å². The predicted octanol–water partition coefficient (Wildman–Crippen LogP) is 2.34. The lowest BCUT2D eigenvalue weighted by atomic mass is 10.0. The topological polar surface area (TPSA) is 48.1 Å². The van der Waals surface area contributed by atoms with Crippen molar-refractivity contribution in [2.45, 2.75) is 25.9 Å². The predicted molar refractivity (Wildman–Crippen MR) is 106 cm³/mol. The van der Waals surface area contributed by atoms with Crippen LogP contribution in [0.1, 0.15) is 18.7 Å². The fourth-order valence-corrected chi connectivity index (χ4v) is 4.58. The van der Waals surface area contributed by atoms with E-state index in [0.717, 1.165) is 63.4 Å². The first-order valence-electron chi connectivity index (χ1n) is 9.26. The van der Waals surface area contributed by atoms with Gasteiger partial charge in [-0.1, -0.05) is 11.6 Å². The average Bonchev–Trinajstić information content (AvgIpc) is 3.06. The van der Waals surface area contributed by atoms with Crippen LogP contribution in [0, 0.1) is 0 Å². The van der Waals surface area contributed by atoms with Gasteiger partial charge in [0.2, 0.25) is 0 Å². The van der Waals surface area contributed by atoms with E-state index in [1.54, 1.807) is 11.3 Å². The number of hydrogen-bond donors (Lipinski definition) is 1. The van der Waals surface area contributed by atoms with Crippen LogP contribution in [0.4, 0.5) is 4.79 Å². The fraction of sp³-hybridized carbons (Fsp3) is 0.722. The molecule has 2 saturated heterocycles. The Hall–Kier alpha value is -0.860. The first-order chi connectivity index (χ1) is 12.4. The van der Waals surface area contributed by atoms with Crippen LogP contribution in [-0.2, 0) is 11.3 Å². The largest absolute Gasteiger partial charge is 0.379 e. The van der Waals surface area contributed by atoms with Crippen molar-refractivity contribution in [3.63, 3.8) is 0 Å². The zero-order chi connectivity index (χ0) is 18.6. The molecule has 26 heavy (non-hydrogen) atoms. The van der Waals surface area contributed by atoms with Crippen LogP contribution in [0.25, 0.3) is 0 Å². The van der Waals surface area contributed by atoms with Gasteiger partial charge in [0, 0.05) is 62.8 Å². The van der Waals surface area contributed by atoms with Gasteiger partial charge >= 0.3 is 6.03 Å². The van der Waals surface area contributed by atoms with E-state index in [1.807, 2.05) is 11.0 Å². The molecule has 2 aliphatic heterocycles. The lowest BCUT2D eigenvalue weighted by molar-refractivity contribution is -0.00917. The second-order valence-corrected chi connectivity index (χ2v) is 9.34. The van der Waals surface area contributed by atoms with Gasteiger partial charge in [-0.25, -0.2) is 4.79 Å². The fourth-order valence-electron chi connectivity index (χ4n) is 3.45. The molecule has 146 valence electrons. The third-order valence-corrected chi connectivity index (χ3v) is 6.42. The molecule has 0 saturated carbocycles. The molecule has 2 fully saturated rings. The van der Waals surface area contributed by atoms with Gasteiger partial charge in [-0.05, 0) is 26.0 Å². The lowest BCUT2D eigenvalue weighted by Crippen LogP contribution is -2.58. The van der Waals surface area contributed by atoms with Crippen molar-refractivity contribution in [1.82, 2.24) is 20.0 Å². The van der Waals surface area contributed by atoms with E-state index < -0.39 is 0 Å². The van der Waals surface area contributed by atoms with E-state index in [1.165, 1.54) is 4.88 Å². The van der Waals surface area contributed by atoms with Gasteiger partial charge in [-0.15, -0.1) is 11.3 Å². The van der Waals surface area contributed by atoms with Crippen LogP contribution in [0.5, 0.6) is 0 Å². The molecule has 0 radical (unpaired) electrons. The van der Waals surface area contributed by atoms with E-state index in [4.69, 9.17) is 16.3 Å². The number of halogens is 1. The van der Waals surface area contributed by atoms with Gasteiger partial charge in [-0.2, -0.15) is 0 Å². The van der Waals surface area contributed by atoms with Crippen LogP contribution in [0.3, 0.4) is 0 Å². The minimum Gasteiger partial charge on any atom is -0.379 e. The number of ether oxygens (including phenoxy) is 1. The number of nitrogens with one attached hydrogen (secondary N) is 1. The van der Waals surface area contributed by atoms with E-state index in [0.29, 0.717) is 6.54 Å². The van der Waals surface area contributed by atoms with E-state index in [2.05, 4.69) is 35.0 Å². The Kier molecular flexibility index (Phi) is 6.80. The summed E-state index contributed by atoms with van der Waals surface area (Å²) >= 11 is 7.63. The minimum absolute atomic E-state index is 0.0464. The molecular formula is C18H29ClN4O2S. The van der Waals surface area contributed by atoms with Gasteiger partial charge in [0.15, 0.2) is 0 Å². The number of amides is 2. The molecule has 3 rings (SSSR count). The Balaban J connectivity index is 1.40. The number of hydrogen-bond acceptors (Lipinski definition) is 5. The van der Waals surface area contributed by atoms with Crippen LogP contribution in [-0.4, -0.2) is 85.3 Å². The first-order valence-corrected chi connectivity index (χ1v) is 10.5. The Labute approximate surface area is 165 Å². The van der Waals surface area contributed by atoms with Gasteiger partial charge < -0.3 is 15.0 Å². The molecule has 1 N–H and O–H groups in total. The summed E-state index contributed by atoms with van der Waals surface area (Å²) in [6, 6.07) is 4.08. The summed E-state index contributed by atoms with van der Waals surface area (Å²) in [5.41, 5.74) is -0.0559. The summed E-state index contributed by atoms with van der Waals surface area (Å²) in [6.45, 7) is 12.7. The van der Waals surface area contributed by atoms with Crippen LogP contribution < -0.4 is 5.32 Å². The summed E-state index contributed by atoms with van der Waals surface area (Å²) < 4.78 is 6.26. The molecule has 3 heterocycles. The van der Waals surface area contributed by atoms with Crippen molar-refractivity contribution in [1.29, 1.82) is 0 Å². The second-order valence-electron chi connectivity index (χ2n) is 7.54. The maximum absolute atomic E-state index is 12.5. The number of nitrogens with zero attached hydrogens (tertiary/aromatic N) is 3. The molecule has 6 nitrogen and oxygen atoms in total. The average molecular weight is 401 g/mol. The Bertz CT molecular complexity index is 596. The molecule has 2 amide bonds. The smallest absolute Gasteiger partial charge is 0.317 e. The molecule has 0 unspecified atom stereocenters. The molecule has 8 heteroatoms. The highest BCUT2D eigenvalue weighted by Gasteiger charge is 2.30. The Morgan fingerprint density at radius 2 is 1.88 bits per heavy atom. The molecule has 0 spiro atoms. The summed E-state index contributed by atoms with van der Waals surface area (Å²) in [6.07, 6.45) is 0. The van der Waals surface area contributed by atoms with Crippen molar-refractivity contribution in [3.05, 3.63) is 21.3 Å². The Morgan fingerprint density at radius 1 is 1.19 bits per heavy atom. The number of rotatable bonds is 5. The third-order valence-electron chi connectivity index (χ3n) is 5.21. The maximum Gasteiger partial charge on any atom is 0.317 e. The van der Waals surface area contributed by atoms with Crippen LogP contribution in [0.2, 0.25) is 4.34 Å². The van der Waals surface area contributed by atoms with Crippen LogP contribution >= 0.6 is 22.9 Å². The molecule has 0 aliphatic carbocycles. The molecule has 0 atom stereocenters. The number of thiophene rings is 1. The highest BCUT2D eigenvalue weighted by Crippen LogP contribution is 2.23. The van der Waals surface area contributed by atoms with Crippen LogP contribution in [0.15, 0.2) is 12.1 Å². The van der Waals surface area contributed by atoms with E-state index >= 15 is 0 Å². The molecule has 0 aromatic carbocycles. The molecule has 1 aromatic heterocycles. The third kappa shape index (κ3) is 5.33. The molecule has 2 aliphatic rings. The van der Waals surface area contributed by atoms with Crippen molar-refractivity contribution in [2.75, 3.05) is 59.0 Å². The highest BCUT2D eigenvalue weighted by molar-refractivity contribution is 7.16. The summed E-state index contributed by atoms with van der Waals surface area (Å²) in [5.74, 6) is 0. The lowest BCUT2D eigenvalue weighted by Gasteiger charge is -2.41. The minimum atomic E-state index is -0.0559. The number of carbonyl (C=O) groups is 1. The highest BCUT2D eigenvalue weighted by atomic mass is 35.5. The zero-order valence-corrected chi connectivity index (χ0v) is 17.2. The van der Waals surface area contributed by atoms with Gasteiger partial charge in [0.05, 0.1) is 17.6 Å². The SMILES string of the molecule is CC(C)(CNC(=O)N1CCN(Cc2ccc(Cl)s2)CC1)N1CCOCC1. The van der Waals surface area contributed by atoms with E-state index in [-0.39, 0.29) is 11.6 Å². The van der Waals surface area contributed by atoms with E-state index in [9.17, 15) is 4.79 Å². The standard InChI is InChI=1S/C18H29ClN4O2S/c1-18(2,23-9-11-25-12-10-23)14-20-17(24)22-7-5-21(6-8-22)13-15-3-4-16(19)26-15/h3-4H,5-14H2,1-2H3,(H,20,24). The number of piperazine rings is 1. The Morgan fingerprint density at radius 3 is 2.50 bits per heavy atom. The number of urea groups is 1. The van der Waals surface area contributed by atoms with Gasteiger partial charge in [-0.3, -0.25) is 9.80 Å². The molecule has 1 aromatic rings. The summed E-state index contributed by atoms with van der Waals surface area (Å²) in [5, 5.41) is 3.13. The van der Waals surface area contributed by atoms with Crippen molar-refractivity contribution in [2.24, 2.45) is 0 Å². The maximum atomic E-state index is 12.5.